The number of aromatic nitrogens is 2. The Labute approximate surface area is 193 Å². The zero-order chi connectivity index (χ0) is 22.9. The van der Waals surface area contributed by atoms with Crippen molar-refractivity contribution in [2.45, 2.75) is 58.8 Å². The summed E-state index contributed by atoms with van der Waals surface area (Å²) in [5, 5.41) is 4.24. The summed E-state index contributed by atoms with van der Waals surface area (Å²) < 4.78 is 0. The van der Waals surface area contributed by atoms with Crippen molar-refractivity contribution in [1.82, 2.24) is 15.3 Å². The molecule has 2 aromatic heterocycles. The number of benzene rings is 1. The lowest BCUT2D eigenvalue weighted by Crippen LogP contribution is -2.33. The van der Waals surface area contributed by atoms with Crippen LogP contribution in [0.4, 0.5) is 5.69 Å². The van der Waals surface area contributed by atoms with Gasteiger partial charge in [0.2, 0.25) is 0 Å². The minimum Gasteiger partial charge on any atom is -0.388 e. The first-order valence-corrected chi connectivity index (χ1v) is 12.1. The second-order valence-corrected chi connectivity index (χ2v) is 8.60. The zero-order valence-corrected chi connectivity index (χ0v) is 20.2. The van der Waals surface area contributed by atoms with Gasteiger partial charge in [-0.05, 0) is 49.1 Å². The molecule has 0 radical (unpaired) electrons. The van der Waals surface area contributed by atoms with E-state index < -0.39 is 0 Å². The monoisotopic (exact) mass is 430 g/mol. The number of hydrogen-bond acceptors (Lipinski definition) is 4. The molecule has 0 aliphatic carbocycles. The van der Waals surface area contributed by atoms with E-state index >= 15 is 0 Å². The van der Waals surface area contributed by atoms with Crippen molar-refractivity contribution in [3.8, 4) is 0 Å². The number of fused-ring (bicyclic) bond motifs is 1. The lowest BCUT2D eigenvalue weighted by Gasteiger charge is -2.33. The molecule has 1 fully saturated rings. The first kappa shape index (κ1) is 23.8. The number of aryl methyl sites for hydroxylation is 1. The maximum atomic E-state index is 4.98. The van der Waals surface area contributed by atoms with Crippen molar-refractivity contribution >= 4 is 22.3 Å². The first-order chi connectivity index (χ1) is 15.6. The van der Waals surface area contributed by atoms with Crippen molar-refractivity contribution in [3.05, 3.63) is 72.2 Å². The fraction of sp³-hybridized carbons (Fsp3) is 0.429. The van der Waals surface area contributed by atoms with Gasteiger partial charge in [-0.25, -0.2) is 0 Å². The van der Waals surface area contributed by atoms with Gasteiger partial charge in [-0.1, -0.05) is 52.3 Å². The third-order valence-corrected chi connectivity index (χ3v) is 6.01. The number of nitrogens with zero attached hydrogens (tertiary/aromatic N) is 3. The van der Waals surface area contributed by atoms with E-state index in [1.165, 1.54) is 29.8 Å². The van der Waals surface area contributed by atoms with E-state index in [4.69, 9.17) is 4.98 Å². The Bertz CT molecular complexity index is 1000. The van der Waals surface area contributed by atoms with Gasteiger partial charge < -0.3 is 10.2 Å². The van der Waals surface area contributed by atoms with E-state index in [-0.39, 0.29) is 0 Å². The smallest absolute Gasteiger partial charge is 0.0743 e. The van der Waals surface area contributed by atoms with Crippen LogP contribution in [0.1, 0.15) is 69.2 Å². The lowest BCUT2D eigenvalue weighted by molar-refractivity contribution is 0.497. The Hall–Kier alpha value is -2.88. The number of rotatable bonds is 6. The van der Waals surface area contributed by atoms with Crippen LogP contribution in [0.2, 0.25) is 0 Å². The molecule has 0 amide bonds. The van der Waals surface area contributed by atoms with Crippen molar-refractivity contribution in [2.24, 2.45) is 0 Å². The molecule has 4 nitrogen and oxygen atoms in total. The Morgan fingerprint density at radius 1 is 1.09 bits per heavy atom. The number of hydrogen-bond donors (Lipinski definition) is 1. The fourth-order valence-electron chi connectivity index (χ4n) is 4.28. The summed E-state index contributed by atoms with van der Waals surface area (Å²) in [6.45, 7) is 12.8. The summed E-state index contributed by atoms with van der Waals surface area (Å²) in [6.07, 6.45) is 9.54. The normalized spacial score (nSPS) is 14.1. The summed E-state index contributed by atoms with van der Waals surface area (Å²) in [5.41, 5.74) is 6.96. The molecular weight excluding hydrogens is 392 g/mol. The fourth-order valence-corrected chi connectivity index (χ4v) is 4.28. The highest BCUT2D eigenvalue weighted by Gasteiger charge is 2.23. The number of nitrogens with one attached hydrogen (secondary N) is 1. The van der Waals surface area contributed by atoms with Crippen LogP contribution in [-0.4, -0.2) is 30.1 Å². The van der Waals surface area contributed by atoms with E-state index in [1.54, 1.807) is 0 Å². The molecule has 170 valence electrons. The molecule has 0 spiro atoms. The van der Waals surface area contributed by atoms with Crippen LogP contribution in [-0.2, 0) is 6.42 Å². The zero-order valence-electron chi connectivity index (χ0n) is 20.2. The summed E-state index contributed by atoms with van der Waals surface area (Å²) in [7, 11) is 1.91. The van der Waals surface area contributed by atoms with E-state index in [1.807, 2.05) is 25.5 Å². The summed E-state index contributed by atoms with van der Waals surface area (Å²) >= 11 is 0. The van der Waals surface area contributed by atoms with Crippen LogP contribution in [0.5, 0.6) is 0 Å². The number of pyridine rings is 2. The van der Waals surface area contributed by atoms with Gasteiger partial charge >= 0.3 is 0 Å². The van der Waals surface area contributed by atoms with Crippen molar-refractivity contribution in [3.63, 3.8) is 0 Å². The highest BCUT2D eigenvalue weighted by atomic mass is 15.1. The van der Waals surface area contributed by atoms with Crippen molar-refractivity contribution < 1.29 is 0 Å². The average Bonchev–Trinajstić information content (AvgIpc) is 2.84. The largest absolute Gasteiger partial charge is 0.388 e. The van der Waals surface area contributed by atoms with E-state index in [9.17, 15) is 0 Å². The van der Waals surface area contributed by atoms with Crippen molar-refractivity contribution in [1.29, 1.82) is 0 Å². The molecule has 3 heterocycles. The van der Waals surface area contributed by atoms with Crippen LogP contribution >= 0.6 is 0 Å². The SMILES string of the molecule is C=C(NC)c1cc(C2CCN(c3ccc(CCC)cc3)CC2)nc2ccncc12.CCC. The molecule has 4 rings (SSSR count). The minimum absolute atomic E-state index is 0.478. The van der Waals surface area contributed by atoms with Crippen LogP contribution in [0.3, 0.4) is 0 Å². The van der Waals surface area contributed by atoms with Gasteiger partial charge in [0.1, 0.15) is 0 Å². The van der Waals surface area contributed by atoms with Gasteiger partial charge in [0.15, 0.2) is 0 Å². The van der Waals surface area contributed by atoms with Gasteiger partial charge in [0.25, 0.3) is 0 Å². The third kappa shape index (κ3) is 5.67. The van der Waals surface area contributed by atoms with Gasteiger partial charge in [-0.15, -0.1) is 0 Å². The molecule has 0 bridgehead atoms. The van der Waals surface area contributed by atoms with Gasteiger partial charge in [-0.3, -0.25) is 9.97 Å². The summed E-state index contributed by atoms with van der Waals surface area (Å²) in [5.74, 6) is 0.478. The molecule has 0 unspecified atom stereocenters. The molecule has 1 aliphatic rings. The predicted octanol–water partition coefficient (Wildman–Crippen LogP) is 6.57. The van der Waals surface area contributed by atoms with E-state index in [0.29, 0.717) is 5.92 Å². The molecule has 1 aliphatic heterocycles. The van der Waals surface area contributed by atoms with E-state index in [2.05, 4.69) is 72.9 Å². The Morgan fingerprint density at radius 3 is 2.41 bits per heavy atom. The molecule has 32 heavy (non-hydrogen) atoms. The second-order valence-electron chi connectivity index (χ2n) is 8.60. The quantitative estimate of drug-likeness (QED) is 0.480. The summed E-state index contributed by atoms with van der Waals surface area (Å²) in [6, 6.07) is 13.3. The first-order valence-electron chi connectivity index (χ1n) is 12.1. The molecule has 1 N–H and O–H groups in total. The predicted molar refractivity (Wildman–Crippen MR) is 138 cm³/mol. The van der Waals surface area contributed by atoms with Gasteiger partial charge in [0.05, 0.1) is 5.52 Å². The highest BCUT2D eigenvalue weighted by Crippen LogP contribution is 2.32. The third-order valence-electron chi connectivity index (χ3n) is 6.01. The Balaban J connectivity index is 0.000000913. The maximum Gasteiger partial charge on any atom is 0.0743 e. The van der Waals surface area contributed by atoms with E-state index in [0.717, 1.165) is 54.5 Å². The Kier molecular flexibility index (Phi) is 8.66. The van der Waals surface area contributed by atoms with Gasteiger partial charge in [0, 0.05) is 66.5 Å². The topological polar surface area (TPSA) is 41.0 Å². The molecule has 1 saturated heterocycles. The molecule has 4 heteroatoms. The molecule has 0 atom stereocenters. The van der Waals surface area contributed by atoms with Crippen LogP contribution < -0.4 is 10.2 Å². The standard InChI is InChI=1S/C25H30N4.C3H8/c1-4-5-19-6-8-21(9-7-19)29-14-11-20(12-15-29)25-16-22(18(2)26-3)23-17-27-13-10-24(23)28-25;1-3-2/h6-10,13,16-17,20,26H,2,4-5,11-12,14-15H2,1,3H3;3H2,1-2H3. The molecule has 3 aromatic rings. The summed E-state index contributed by atoms with van der Waals surface area (Å²) in [4.78, 5) is 11.8. The van der Waals surface area contributed by atoms with Crippen LogP contribution in [0.25, 0.3) is 16.6 Å². The second kappa shape index (κ2) is 11.7. The van der Waals surface area contributed by atoms with Crippen molar-refractivity contribution in [2.75, 3.05) is 25.0 Å². The average molecular weight is 431 g/mol. The highest BCUT2D eigenvalue weighted by molar-refractivity contribution is 5.90. The van der Waals surface area contributed by atoms with Crippen LogP contribution in [0.15, 0.2) is 55.4 Å². The van der Waals surface area contributed by atoms with Gasteiger partial charge in [-0.2, -0.15) is 0 Å². The Morgan fingerprint density at radius 2 is 1.78 bits per heavy atom. The minimum atomic E-state index is 0.478. The molecule has 1 aromatic carbocycles. The number of piperidine rings is 1. The molecular formula is C28H38N4. The lowest BCUT2D eigenvalue weighted by atomic mass is 9.91. The maximum absolute atomic E-state index is 4.98. The van der Waals surface area contributed by atoms with Crippen LogP contribution in [0, 0.1) is 0 Å². The molecule has 0 saturated carbocycles. The number of anilines is 1.